The molecule has 0 aliphatic carbocycles. The lowest BCUT2D eigenvalue weighted by Crippen LogP contribution is -2.42. The first kappa shape index (κ1) is 17.7. The number of carbonyl (C=O) groups is 2. The van der Waals surface area contributed by atoms with E-state index >= 15 is 0 Å². The lowest BCUT2D eigenvalue weighted by Gasteiger charge is -2.24. The molecule has 126 valence electrons. The number of hydrogen-bond acceptors (Lipinski definition) is 2. The highest BCUT2D eigenvalue weighted by molar-refractivity contribution is 6.05. The van der Waals surface area contributed by atoms with Gasteiger partial charge in [0, 0.05) is 22.4 Å². The van der Waals surface area contributed by atoms with Gasteiger partial charge in [-0.05, 0) is 57.0 Å². The van der Waals surface area contributed by atoms with E-state index < -0.39 is 0 Å². The zero-order chi connectivity index (χ0) is 17.7. The van der Waals surface area contributed by atoms with Crippen LogP contribution in [0.2, 0.25) is 0 Å². The van der Waals surface area contributed by atoms with E-state index in [0.29, 0.717) is 16.8 Å². The molecule has 0 atom stereocenters. The van der Waals surface area contributed by atoms with Gasteiger partial charge in [-0.25, -0.2) is 0 Å². The number of anilines is 1. The highest BCUT2D eigenvalue weighted by Gasteiger charge is 2.19. The third kappa shape index (κ3) is 4.44. The predicted octanol–water partition coefficient (Wildman–Crippen LogP) is 4.17. The summed E-state index contributed by atoms with van der Waals surface area (Å²) in [6.07, 6.45) is 0.836. The molecule has 0 aliphatic rings. The van der Waals surface area contributed by atoms with Crippen LogP contribution in [0, 0.1) is 6.92 Å². The number of carbonyl (C=O) groups excluding carboxylic acids is 2. The van der Waals surface area contributed by atoms with Gasteiger partial charge in [0.1, 0.15) is 0 Å². The van der Waals surface area contributed by atoms with Crippen LogP contribution in [0.3, 0.4) is 0 Å². The number of aryl methyl sites for hydroxylation is 1. The minimum absolute atomic E-state index is 0.142. The van der Waals surface area contributed by atoms with Crippen LogP contribution in [-0.2, 0) is 0 Å². The van der Waals surface area contributed by atoms with Crippen molar-refractivity contribution in [2.75, 3.05) is 5.32 Å². The molecule has 0 fully saturated rings. The second kappa shape index (κ2) is 7.30. The van der Waals surface area contributed by atoms with E-state index in [2.05, 4.69) is 10.6 Å². The van der Waals surface area contributed by atoms with Crippen molar-refractivity contribution in [2.45, 2.75) is 39.7 Å². The van der Waals surface area contributed by atoms with Crippen molar-refractivity contribution in [3.8, 4) is 0 Å². The summed E-state index contributed by atoms with van der Waals surface area (Å²) < 4.78 is 0. The maximum Gasteiger partial charge on any atom is 0.255 e. The van der Waals surface area contributed by atoms with E-state index in [0.717, 1.165) is 12.0 Å². The lowest BCUT2D eigenvalue weighted by atomic mass is 10.0. The largest absolute Gasteiger partial charge is 0.347 e. The normalized spacial score (nSPS) is 11.0. The molecular formula is C20H24N2O2. The Morgan fingerprint density at radius 1 is 0.958 bits per heavy atom. The van der Waals surface area contributed by atoms with Crippen LogP contribution >= 0.6 is 0 Å². The summed E-state index contributed by atoms with van der Waals surface area (Å²) in [7, 11) is 0. The molecule has 2 aromatic carbocycles. The van der Waals surface area contributed by atoms with Gasteiger partial charge in [-0.1, -0.05) is 31.2 Å². The Morgan fingerprint density at radius 2 is 1.62 bits per heavy atom. The zero-order valence-corrected chi connectivity index (χ0v) is 14.6. The quantitative estimate of drug-likeness (QED) is 0.867. The molecule has 0 unspecified atom stereocenters. The Bertz CT molecular complexity index is 737. The summed E-state index contributed by atoms with van der Waals surface area (Å²) in [6, 6.07) is 14.3. The average molecular weight is 324 g/mol. The lowest BCUT2D eigenvalue weighted by molar-refractivity contribution is 0.0910. The second-order valence-electron chi connectivity index (χ2n) is 6.54. The molecule has 0 saturated heterocycles. The Labute approximate surface area is 143 Å². The van der Waals surface area contributed by atoms with E-state index in [-0.39, 0.29) is 17.4 Å². The van der Waals surface area contributed by atoms with Gasteiger partial charge in [0.05, 0.1) is 0 Å². The van der Waals surface area contributed by atoms with Crippen molar-refractivity contribution >= 4 is 17.5 Å². The van der Waals surface area contributed by atoms with Crippen molar-refractivity contribution in [2.24, 2.45) is 0 Å². The Hall–Kier alpha value is -2.62. The summed E-state index contributed by atoms with van der Waals surface area (Å²) in [4.78, 5) is 24.7. The first-order chi connectivity index (χ1) is 11.3. The van der Waals surface area contributed by atoms with Crippen LogP contribution in [0.1, 0.15) is 53.5 Å². The van der Waals surface area contributed by atoms with Crippen molar-refractivity contribution in [1.82, 2.24) is 5.32 Å². The summed E-state index contributed by atoms with van der Waals surface area (Å²) >= 11 is 0. The maximum absolute atomic E-state index is 12.4. The topological polar surface area (TPSA) is 58.2 Å². The summed E-state index contributed by atoms with van der Waals surface area (Å²) in [5.41, 5.74) is 2.40. The van der Waals surface area contributed by atoms with Gasteiger partial charge in [-0.15, -0.1) is 0 Å². The smallest absolute Gasteiger partial charge is 0.255 e. The minimum atomic E-state index is -0.268. The first-order valence-electron chi connectivity index (χ1n) is 8.12. The molecule has 24 heavy (non-hydrogen) atoms. The molecular weight excluding hydrogens is 300 g/mol. The third-order valence-corrected chi connectivity index (χ3v) is 4.12. The van der Waals surface area contributed by atoms with Crippen LogP contribution in [-0.4, -0.2) is 17.4 Å². The molecule has 0 bridgehead atoms. The number of rotatable bonds is 5. The Morgan fingerprint density at radius 3 is 2.25 bits per heavy atom. The molecule has 0 saturated carbocycles. The molecule has 4 nitrogen and oxygen atoms in total. The molecule has 0 radical (unpaired) electrons. The highest BCUT2D eigenvalue weighted by Crippen LogP contribution is 2.19. The molecule has 0 heterocycles. The number of nitrogens with one attached hydrogen (secondary N) is 2. The molecule has 2 aromatic rings. The Balaban J connectivity index is 2.20. The molecule has 0 aliphatic heterocycles. The van der Waals surface area contributed by atoms with Crippen molar-refractivity contribution in [1.29, 1.82) is 0 Å². The monoisotopic (exact) mass is 324 g/mol. The van der Waals surface area contributed by atoms with E-state index in [1.165, 1.54) is 0 Å². The number of amides is 2. The van der Waals surface area contributed by atoms with Crippen molar-refractivity contribution in [3.05, 3.63) is 65.2 Å². The number of benzene rings is 2. The molecule has 4 heteroatoms. The van der Waals surface area contributed by atoms with Gasteiger partial charge in [-0.3, -0.25) is 9.59 Å². The second-order valence-corrected chi connectivity index (χ2v) is 6.54. The van der Waals surface area contributed by atoms with Gasteiger partial charge in [-0.2, -0.15) is 0 Å². The molecule has 2 rings (SSSR count). The predicted molar refractivity (Wildman–Crippen MR) is 97.4 cm³/mol. The molecule has 2 amide bonds. The SMILES string of the molecule is CCC(C)(C)NC(=O)c1ccc(C)c(NC(=O)c2ccccc2)c1. The van der Waals surface area contributed by atoms with E-state index in [1.807, 2.05) is 52.0 Å². The first-order valence-corrected chi connectivity index (χ1v) is 8.12. The molecule has 0 spiro atoms. The van der Waals surface area contributed by atoms with Crippen LogP contribution in [0.5, 0.6) is 0 Å². The highest BCUT2D eigenvalue weighted by atomic mass is 16.2. The fourth-order valence-electron chi connectivity index (χ4n) is 2.15. The van der Waals surface area contributed by atoms with Crippen LogP contribution in [0.15, 0.2) is 48.5 Å². The fraction of sp³-hybridized carbons (Fsp3) is 0.300. The molecule has 2 N–H and O–H groups in total. The summed E-state index contributed by atoms with van der Waals surface area (Å²) in [6.45, 7) is 7.90. The number of hydrogen-bond donors (Lipinski definition) is 2. The van der Waals surface area contributed by atoms with Gasteiger partial charge >= 0.3 is 0 Å². The van der Waals surface area contributed by atoms with Crippen LogP contribution in [0.25, 0.3) is 0 Å². The maximum atomic E-state index is 12.4. The van der Waals surface area contributed by atoms with Crippen molar-refractivity contribution in [3.63, 3.8) is 0 Å². The average Bonchev–Trinajstić information content (AvgIpc) is 2.57. The van der Waals surface area contributed by atoms with E-state index in [9.17, 15) is 9.59 Å². The van der Waals surface area contributed by atoms with Gasteiger partial charge in [0.15, 0.2) is 0 Å². The third-order valence-electron chi connectivity index (χ3n) is 4.12. The summed E-state index contributed by atoms with van der Waals surface area (Å²) in [5, 5.41) is 5.88. The fourth-order valence-corrected chi connectivity index (χ4v) is 2.15. The zero-order valence-electron chi connectivity index (χ0n) is 14.6. The van der Waals surface area contributed by atoms with Crippen molar-refractivity contribution < 1.29 is 9.59 Å². The minimum Gasteiger partial charge on any atom is -0.347 e. The van der Waals surface area contributed by atoms with Crippen LogP contribution in [0.4, 0.5) is 5.69 Å². The summed E-state index contributed by atoms with van der Waals surface area (Å²) in [5.74, 6) is -0.331. The van der Waals surface area contributed by atoms with E-state index in [4.69, 9.17) is 0 Å². The van der Waals surface area contributed by atoms with Crippen LogP contribution < -0.4 is 10.6 Å². The van der Waals surface area contributed by atoms with E-state index in [1.54, 1.807) is 24.3 Å². The van der Waals surface area contributed by atoms with Gasteiger partial charge < -0.3 is 10.6 Å². The standard InChI is InChI=1S/C20H24N2O2/c1-5-20(3,4)22-19(24)16-12-11-14(2)17(13-16)21-18(23)15-9-7-6-8-10-15/h6-13H,5H2,1-4H3,(H,21,23)(H,22,24). The van der Waals surface area contributed by atoms with Gasteiger partial charge in [0.2, 0.25) is 0 Å². The van der Waals surface area contributed by atoms with Gasteiger partial charge in [0.25, 0.3) is 11.8 Å². The Kier molecular flexibility index (Phi) is 5.39. The molecule has 0 aromatic heterocycles.